The predicted octanol–water partition coefficient (Wildman–Crippen LogP) is 5.97. The predicted molar refractivity (Wildman–Crippen MR) is 82.4 cm³/mol. The van der Waals surface area contributed by atoms with Gasteiger partial charge in [0.15, 0.2) is 5.76 Å². The van der Waals surface area contributed by atoms with Crippen LogP contribution in [0.2, 0.25) is 15.1 Å². The molecule has 3 aromatic rings. The van der Waals surface area contributed by atoms with E-state index in [1.807, 2.05) is 30.3 Å². The molecule has 0 bridgehead atoms. The highest BCUT2D eigenvalue weighted by molar-refractivity contribution is 6.36. The lowest BCUT2D eigenvalue weighted by Crippen LogP contribution is -1.78. The van der Waals surface area contributed by atoms with E-state index in [4.69, 9.17) is 39.3 Å². The van der Waals surface area contributed by atoms with Crippen LogP contribution in [-0.2, 0) is 0 Å². The summed E-state index contributed by atoms with van der Waals surface area (Å²) < 4.78 is 5.35. The molecule has 0 unspecified atom stereocenters. The van der Waals surface area contributed by atoms with Gasteiger partial charge in [0.05, 0.1) is 5.02 Å². The molecule has 0 saturated heterocycles. The summed E-state index contributed by atoms with van der Waals surface area (Å²) in [6.45, 7) is 0. The minimum absolute atomic E-state index is 0.531. The summed E-state index contributed by atoms with van der Waals surface area (Å²) in [5.41, 5.74) is 2.29. The topological polar surface area (TPSA) is 26.0 Å². The van der Waals surface area contributed by atoms with Gasteiger partial charge in [-0.25, -0.2) is 0 Å². The van der Waals surface area contributed by atoms with Crippen LogP contribution in [0.3, 0.4) is 0 Å². The molecule has 2 aromatic carbocycles. The third-order valence-electron chi connectivity index (χ3n) is 2.83. The summed E-state index contributed by atoms with van der Waals surface area (Å²) in [4.78, 5) is 0. The van der Waals surface area contributed by atoms with Crippen LogP contribution in [0.15, 0.2) is 53.1 Å². The fraction of sp³-hybridized carbons (Fsp3) is 0. The molecule has 2 nitrogen and oxygen atoms in total. The first kappa shape index (κ1) is 13.5. The first-order valence-corrected chi connectivity index (χ1v) is 6.95. The highest BCUT2D eigenvalue weighted by atomic mass is 35.5. The number of hydrogen-bond acceptors (Lipinski definition) is 2. The Kier molecular flexibility index (Phi) is 3.70. The van der Waals surface area contributed by atoms with Gasteiger partial charge < -0.3 is 4.52 Å². The average Bonchev–Trinajstić information content (AvgIpc) is 2.88. The summed E-state index contributed by atoms with van der Waals surface area (Å²) in [6, 6.07) is 14.4. The number of nitrogens with zero attached hydrogens (tertiary/aromatic N) is 1. The molecule has 0 aliphatic heterocycles. The largest absolute Gasteiger partial charge is 0.356 e. The molecule has 100 valence electrons. The van der Waals surface area contributed by atoms with Crippen molar-refractivity contribution in [3.05, 3.63) is 63.6 Å². The fourth-order valence-corrected chi connectivity index (χ4v) is 2.57. The molecule has 20 heavy (non-hydrogen) atoms. The molecule has 5 heteroatoms. The van der Waals surface area contributed by atoms with Crippen LogP contribution in [0.25, 0.3) is 22.6 Å². The Morgan fingerprint density at radius 1 is 0.850 bits per heavy atom. The maximum Gasteiger partial charge on any atom is 0.167 e. The van der Waals surface area contributed by atoms with Gasteiger partial charge in [-0.15, -0.1) is 0 Å². The Balaban J connectivity index is 2.02. The quantitative estimate of drug-likeness (QED) is 0.580. The SMILES string of the molecule is Clc1cccc(-c2cc(-c3ccc(Cl)cc3Cl)no2)c1. The van der Waals surface area contributed by atoms with Crippen molar-refractivity contribution in [2.45, 2.75) is 0 Å². The van der Waals surface area contributed by atoms with Gasteiger partial charge >= 0.3 is 0 Å². The zero-order valence-corrected chi connectivity index (χ0v) is 12.4. The lowest BCUT2D eigenvalue weighted by molar-refractivity contribution is 0.435. The van der Waals surface area contributed by atoms with E-state index in [0.29, 0.717) is 26.5 Å². The molecule has 1 aromatic heterocycles. The van der Waals surface area contributed by atoms with Gasteiger partial charge in [0.2, 0.25) is 0 Å². The summed E-state index contributed by atoms with van der Waals surface area (Å²) in [6.07, 6.45) is 0. The van der Waals surface area contributed by atoms with Crippen LogP contribution < -0.4 is 0 Å². The lowest BCUT2D eigenvalue weighted by atomic mass is 10.1. The van der Waals surface area contributed by atoms with Gasteiger partial charge in [0.1, 0.15) is 5.69 Å². The van der Waals surface area contributed by atoms with Gasteiger partial charge in [0.25, 0.3) is 0 Å². The van der Waals surface area contributed by atoms with Crippen LogP contribution in [0.4, 0.5) is 0 Å². The first-order chi connectivity index (χ1) is 9.63. The number of halogens is 3. The maximum absolute atomic E-state index is 6.16. The number of benzene rings is 2. The molecule has 0 atom stereocenters. The van der Waals surface area contributed by atoms with E-state index in [-0.39, 0.29) is 0 Å². The second-order valence-electron chi connectivity index (χ2n) is 4.21. The highest BCUT2D eigenvalue weighted by Gasteiger charge is 2.11. The zero-order valence-electron chi connectivity index (χ0n) is 10.1. The molecule has 1 heterocycles. The number of hydrogen-bond donors (Lipinski definition) is 0. The number of rotatable bonds is 2. The van der Waals surface area contributed by atoms with Crippen LogP contribution >= 0.6 is 34.8 Å². The minimum atomic E-state index is 0.531. The molecule has 0 fully saturated rings. The molecule has 0 amide bonds. The van der Waals surface area contributed by atoms with Crippen molar-refractivity contribution in [1.29, 1.82) is 0 Å². The standard InChI is InChI=1S/C15H8Cl3NO/c16-10-3-1-2-9(6-10)15-8-14(19-20-15)12-5-4-11(17)7-13(12)18/h1-8H. The van der Waals surface area contributed by atoms with Crippen molar-refractivity contribution in [3.63, 3.8) is 0 Å². The molecule has 0 N–H and O–H groups in total. The van der Waals surface area contributed by atoms with Crippen LogP contribution in [0, 0.1) is 0 Å². The normalized spacial score (nSPS) is 10.8. The first-order valence-electron chi connectivity index (χ1n) is 5.81. The molecule has 0 spiro atoms. The van der Waals surface area contributed by atoms with Gasteiger partial charge in [-0.3, -0.25) is 0 Å². The van der Waals surface area contributed by atoms with E-state index in [9.17, 15) is 0 Å². The smallest absolute Gasteiger partial charge is 0.167 e. The number of aromatic nitrogens is 1. The Labute approximate surface area is 130 Å². The summed E-state index contributed by atoms with van der Waals surface area (Å²) in [5.74, 6) is 0.633. The fourth-order valence-electron chi connectivity index (χ4n) is 1.88. The second-order valence-corrected chi connectivity index (χ2v) is 5.49. The van der Waals surface area contributed by atoms with Crippen molar-refractivity contribution < 1.29 is 4.52 Å². The molecular weight excluding hydrogens is 317 g/mol. The molecule has 0 radical (unpaired) electrons. The second kappa shape index (κ2) is 5.49. The van der Waals surface area contributed by atoms with Crippen molar-refractivity contribution in [1.82, 2.24) is 5.16 Å². The molecule has 0 aliphatic carbocycles. The third kappa shape index (κ3) is 2.68. The van der Waals surface area contributed by atoms with E-state index in [0.717, 1.165) is 11.1 Å². The monoisotopic (exact) mass is 323 g/mol. The zero-order chi connectivity index (χ0) is 14.1. The van der Waals surface area contributed by atoms with Crippen molar-refractivity contribution in [2.75, 3.05) is 0 Å². The van der Waals surface area contributed by atoms with E-state index in [1.54, 1.807) is 18.2 Å². The average molecular weight is 325 g/mol. The Hall–Kier alpha value is -1.48. The summed E-state index contributed by atoms with van der Waals surface area (Å²) in [7, 11) is 0. The molecular formula is C15H8Cl3NO. The van der Waals surface area contributed by atoms with E-state index < -0.39 is 0 Å². The van der Waals surface area contributed by atoms with E-state index in [2.05, 4.69) is 5.16 Å². The van der Waals surface area contributed by atoms with Gasteiger partial charge in [0, 0.05) is 27.2 Å². The van der Waals surface area contributed by atoms with Crippen molar-refractivity contribution in [2.24, 2.45) is 0 Å². The Morgan fingerprint density at radius 2 is 1.65 bits per heavy atom. The lowest BCUT2D eigenvalue weighted by Gasteiger charge is -1.99. The summed E-state index contributed by atoms with van der Waals surface area (Å²) in [5, 5.41) is 5.79. The Morgan fingerprint density at radius 3 is 2.40 bits per heavy atom. The van der Waals surface area contributed by atoms with Gasteiger partial charge in [-0.2, -0.15) is 0 Å². The van der Waals surface area contributed by atoms with Crippen LogP contribution in [0.1, 0.15) is 0 Å². The summed E-state index contributed by atoms with van der Waals surface area (Å²) >= 11 is 18.0. The van der Waals surface area contributed by atoms with Crippen LogP contribution in [0.5, 0.6) is 0 Å². The third-order valence-corrected chi connectivity index (χ3v) is 3.61. The van der Waals surface area contributed by atoms with Crippen molar-refractivity contribution in [3.8, 4) is 22.6 Å². The highest BCUT2D eigenvalue weighted by Crippen LogP contribution is 2.32. The molecule has 0 saturated carbocycles. The van der Waals surface area contributed by atoms with Crippen molar-refractivity contribution >= 4 is 34.8 Å². The molecule has 0 aliphatic rings. The van der Waals surface area contributed by atoms with Crippen LogP contribution in [-0.4, -0.2) is 5.16 Å². The van der Waals surface area contributed by atoms with E-state index >= 15 is 0 Å². The minimum Gasteiger partial charge on any atom is -0.356 e. The maximum atomic E-state index is 6.16. The van der Waals surface area contributed by atoms with E-state index in [1.165, 1.54) is 0 Å². The van der Waals surface area contributed by atoms with Gasteiger partial charge in [-0.05, 0) is 30.3 Å². The van der Waals surface area contributed by atoms with Gasteiger partial charge in [-0.1, -0.05) is 52.1 Å². The molecule has 3 rings (SSSR count). The Bertz CT molecular complexity index is 767.